The lowest BCUT2D eigenvalue weighted by molar-refractivity contribution is -0.119. The number of carbonyl (C=O) groups is 1. The highest BCUT2D eigenvalue weighted by Crippen LogP contribution is 2.23. The second-order valence-electron chi connectivity index (χ2n) is 8.36. The summed E-state index contributed by atoms with van der Waals surface area (Å²) in [5.74, 6) is -0.273. The Morgan fingerprint density at radius 1 is 0.970 bits per heavy atom. The fourth-order valence-corrected chi connectivity index (χ4v) is 4.12. The average molecular weight is 444 g/mol. The molecule has 0 radical (unpaired) electrons. The zero-order chi connectivity index (χ0) is 23.7. The van der Waals surface area contributed by atoms with Crippen LogP contribution in [0.25, 0.3) is 16.6 Å². The van der Waals surface area contributed by atoms with Gasteiger partial charge in [-0.1, -0.05) is 43.7 Å². The van der Waals surface area contributed by atoms with E-state index in [1.807, 2.05) is 76.2 Å². The summed E-state index contributed by atoms with van der Waals surface area (Å²) in [5.41, 5.74) is 5.37. The monoisotopic (exact) mass is 443 g/mol. The van der Waals surface area contributed by atoms with E-state index >= 15 is 0 Å². The molecule has 4 rings (SSSR count). The molecule has 170 valence electrons. The Hall–Kier alpha value is -3.74. The molecule has 0 aliphatic rings. The summed E-state index contributed by atoms with van der Waals surface area (Å²) in [6, 6.07) is 14.9. The van der Waals surface area contributed by atoms with Crippen molar-refractivity contribution in [2.45, 2.75) is 53.5 Å². The number of aryl methyl sites for hydroxylation is 4. The molecular formula is C26H29N5O2. The molecule has 0 fully saturated rings. The predicted octanol–water partition coefficient (Wildman–Crippen LogP) is 4.66. The maximum absolute atomic E-state index is 13.4. The summed E-state index contributed by atoms with van der Waals surface area (Å²) in [6.07, 6.45) is 1.35. The minimum Gasteiger partial charge on any atom is -0.324 e. The van der Waals surface area contributed by atoms with Crippen LogP contribution in [0.4, 0.5) is 5.69 Å². The number of amides is 1. The zero-order valence-electron chi connectivity index (χ0n) is 19.7. The first-order chi connectivity index (χ1) is 15.8. The number of benzene rings is 2. The van der Waals surface area contributed by atoms with Crippen LogP contribution in [-0.2, 0) is 11.2 Å². The minimum absolute atomic E-state index is 0.273. The van der Waals surface area contributed by atoms with E-state index in [0.29, 0.717) is 23.3 Å². The Labute approximate surface area is 193 Å². The lowest BCUT2D eigenvalue weighted by Gasteiger charge is -2.17. The van der Waals surface area contributed by atoms with E-state index in [1.54, 1.807) is 4.68 Å². The van der Waals surface area contributed by atoms with Crippen molar-refractivity contribution in [1.29, 1.82) is 0 Å². The van der Waals surface area contributed by atoms with Crippen molar-refractivity contribution in [3.05, 3.63) is 81.4 Å². The van der Waals surface area contributed by atoms with Gasteiger partial charge in [-0.3, -0.25) is 9.59 Å². The van der Waals surface area contributed by atoms with Crippen LogP contribution in [0, 0.1) is 20.8 Å². The molecule has 2 aromatic heterocycles. The molecule has 4 aromatic rings. The van der Waals surface area contributed by atoms with Crippen molar-refractivity contribution in [2.75, 3.05) is 5.32 Å². The standard InChI is InChI=1S/C26H29N5O2/c1-6-19-10-12-20(13-11-19)27-25(32)22(7-2)31-26(33)24-23(17(4)28-31)18(5)30(29-24)21-14-8-16(3)9-15-21/h8-15,22H,6-7H2,1-5H3,(H,27,32)/t22-/m1/s1. The Kier molecular flexibility index (Phi) is 6.14. The molecular weight excluding hydrogens is 414 g/mol. The highest BCUT2D eigenvalue weighted by atomic mass is 16.2. The van der Waals surface area contributed by atoms with E-state index < -0.39 is 6.04 Å². The second-order valence-corrected chi connectivity index (χ2v) is 8.36. The van der Waals surface area contributed by atoms with Crippen molar-refractivity contribution >= 4 is 22.5 Å². The number of hydrogen-bond donors (Lipinski definition) is 1. The third-order valence-corrected chi connectivity index (χ3v) is 6.04. The van der Waals surface area contributed by atoms with Gasteiger partial charge in [0.15, 0.2) is 5.52 Å². The van der Waals surface area contributed by atoms with Crippen LogP contribution >= 0.6 is 0 Å². The summed E-state index contributed by atoms with van der Waals surface area (Å²) in [4.78, 5) is 26.5. The number of nitrogens with zero attached hydrogens (tertiary/aromatic N) is 4. The maximum Gasteiger partial charge on any atom is 0.295 e. The third kappa shape index (κ3) is 4.18. The number of nitrogens with one attached hydrogen (secondary N) is 1. The third-order valence-electron chi connectivity index (χ3n) is 6.04. The fourth-order valence-electron chi connectivity index (χ4n) is 4.12. The highest BCUT2D eigenvalue weighted by Gasteiger charge is 2.25. The van der Waals surface area contributed by atoms with Gasteiger partial charge < -0.3 is 5.32 Å². The van der Waals surface area contributed by atoms with E-state index in [9.17, 15) is 9.59 Å². The molecule has 0 aliphatic carbocycles. The van der Waals surface area contributed by atoms with Gasteiger partial charge in [0, 0.05) is 5.69 Å². The van der Waals surface area contributed by atoms with E-state index in [1.165, 1.54) is 10.2 Å². The molecule has 0 spiro atoms. The highest BCUT2D eigenvalue weighted by molar-refractivity contribution is 5.94. The summed E-state index contributed by atoms with van der Waals surface area (Å²) >= 11 is 0. The van der Waals surface area contributed by atoms with Crippen molar-refractivity contribution in [2.24, 2.45) is 0 Å². The lowest BCUT2D eigenvalue weighted by atomic mass is 10.1. The molecule has 0 aliphatic heterocycles. The Morgan fingerprint density at radius 2 is 1.64 bits per heavy atom. The molecule has 0 saturated carbocycles. The van der Waals surface area contributed by atoms with E-state index in [0.717, 1.165) is 28.8 Å². The van der Waals surface area contributed by atoms with E-state index in [2.05, 4.69) is 22.4 Å². The van der Waals surface area contributed by atoms with E-state index in [4.69, 9.17) is 0 Å². The van der Waals surface area contributed by atoms with Crippen LogP contribution in [0.2, 0.25) is 0 Å². The number of carbonyl (C=O) groups excluding carboxylic acids is 1. The first-order valence-electron chi connectivity index (χ1n) is 11.3. The van der Waals surface area contributed by atoms with Gasteiger partial charge in [-0.05, 0) is 63.4 Å². The number of anilines is 1. The molecule has 33 heavy (non-hydrogen) atoms. The minimum atomic E-state index is -0.740. The SMILES string of the molecule is CCc1ccc(NC(=O)[C@@H](CC)n2nc(C)c3c(C)n(-c4ccc(C)cc4)nc3c2=O)cc1. The fraction of sp³-hybridized carbons (Fsp3) is 0.308. The quantitative estimate of drug-likeness (QED) is 0.470. The van der Waals surface area contributed by atoms with Gasteiger partial charge in [-0.2, -0.15) is 10.2 Å². The van der Waals surface area contributed by atoms with Gasteiger partial charge in [-0.25, -0.2) is 9.36 Å². The van der Waals surface area contributed by atoms with Gasteiger partial charge in [0.25, 0.3) is 5.56 Å². The molecule has 2 heterocycles. The molecule has 1 amide bonds. The Bertz CT molecular complexity index is 1370. The number of rotatable bonds is 6. The average Bonchev–Trinajstić information content (AvgIpc) is 3.16. The Morgan fingerprint density at radius 3 is 2.24 bits per heavy atom. The van der Waals surface area contributed by atoms with Gasteiger partial charge in [0.2, 0.25) is 5.91 Å². The summed E-state index contributed by atoms with van der Waals surface area (Å²) in [5, 5.41) is 12.8. The molecule has 7 nitrogen and oxygen atoms in total. The number of fused-ring (bicyclic) bond motifs is 1. The van der Waals surface area contributed by atoms with Crippen LogP contribution in [0.1, 0.15) is 48.8 Å². The zero-order valence-corrected chi connectivity index (χ0v) is 19.7. The first-order valence-corrected chi connectivity index (χ1v) is 11.3. The molecule has 1 N–H and O–H groups in total. The second kappa shape index (κ2) is 9.02. The van der Waals surface area contributed by atoms with Crippen molar-refractivity contribution < 1.29 is 4.79 Å². The summed E-state index contributed by atoms with van der Waals surface area (Å²) < 4.78 is 3.04. The first kappa shape index (κ1) is 22.5. The van der Waals surface area contributed by atoms with Crippen LogP contribution < -0.4 is 10.9 Å². The van der Waals surface area contributed by atoms with Crippen molar-refractivity contribution in [1.82, 2.24) is 19.6 Å². The largest absolute Gasteiger partial charge is 0.324 e. The lowest BCUT2D eigenvalue weighted by Crippen LogP contribution is -2.35. The summed E-state index contributed by atoms with van der Waals surface area (Å²) in [7, 11) is 0. The van der Waals surface area contributed by atoms with Gasteiger partial charge in [-0.15, -0.1) is 0 Å². The molecule has 7 heteroatoms. The maximum atomic E-state index is 13.4. The van der Waals surface area contributed by atoms with Crippen molar-refractivity contribution in [3.63, 3.8) is 0 Å². The van der Waals surface area contributed by atoms with Gasteiger partial charge >= 0.3 is 0 Å². The molecule has 1 atom stereocenters. The van der Waals surface area contributed by atoms with Crippen LogP contribution in [0.5, 0.6) is 0 Å². The van der Waals surface area contributed by atoms with Crippen molar-refractivity contribution in [3.8, 4) is 5.69 Å². The molecule has 0 saturated heterocycles. The predicted molar refractivity (Wildman–Crippen MR) is 131 cm³/mol. The van der Waals surface area contributed by atoms with Crippen LogP contribution in [0.15, 0.2) is 53.3 Å². The normalized spacial score (nSPS) is 12.2. The summed E-state index contributed by atoms with van der Waals surface area (Å²) in [6.45, 7) is 9.75. The van der Waals surface area contributed by atoms with Gasteiger partial charge in [0.05, 0.1) is 22.5 Å². The number of aromatic nitrogens is 4. The molecule has 0 bridgehead atoms. The van der Waals surface area contributed by atoms with Crippen LogP contribution in [-0.4, -0.2) is 25.5 Å². The Balaban J connectivity index is 1.74. The smallest absolute Gasteiger partial charge is 0.295 e. The topological polar surface area (TPSA) is 81.8 Å². The molecule has 2 aromatic carbocycles. The molecule has 0 unspecified atom stereocenters. The van der Waals surface area contributed by atoms with E-state index in [-0.39, 0.29) is 11.5 Å². The van der Waals surface area contributed by atoms with Gasteiger partial charge in [0.1, 0.15) is 6.04 Å². The number of hydrogen-bond acceptors (Lipinski definition) is 4. The van der Waals surface area contributed by atoms with Crippen LogP contribution in [0.3, 0.4) is 0 Å².